The number of hydrogen-bond donors (Lipinski definition) is 1. The molecule has 102 valence electrons. The minimum Gasteiger partial charge on any atom is -0.363 e. The van der Waals surface area contributed by atoms with Gasteiger partial charge >= 0.3 is 0 Å². The molecule has 1 aromatic carbocycles. The quantitative estimate of drug-likeness (QED) is 0.886. The summed E-state index contributed by atoms with van der Waals surface area (Å²) in [6.45, 7) is 0.640. The van der Waals surface area contributed by atoms with Crippen LogP contribution in [-0.4, -0.2) is 24.2 Å². The molecule has 1 atom stereocenters. The van der Waals surface area contributed by atoms with Crippen LogP contribution in [0, 0.1) is 0 Å². The molecule has 1 aromatic rings. The highest BCUT2D eigenvalue weighted by Crippen LogP contribution is 2.34. The summed E-state index contributed by atoms with van der Waals surface area (Å²) < 4.78 is 5.99. The first kappa shape index (κ1) is 12.7. The maximum Gasteiger partial charge on any atom is 0.252 e. The third kappa shape index (κ3) is 2.66. The van der Waals surface area contributed by atoms with Gasteiger partial charge in [-0.25, -0.2) is 0 Å². The normalized spacial score (nSPS) is 26.1. The third-order valence-corrected chi connectivity index (χ3v) is 4.30. The summed E-state index contributed by atoms with van der Waals surface area (Å²) in [5, 5.41) is 3.16. The van der Waals surface area contributed by atoms with E-state index in [0.717, 1.165) is 32.1 Å². The van der Waals surface area contributed by atoms with E-state index >= 15 is 0 Å². The van der Waals surface area contributed by atoms with Crippen LogP contribution in [0.2, 0.25) is 0 Å². The second-order valence-electron chi connectivity index (χ2n) is 5.73. The van der Waals surface area contributed by atoms with Gasteiger partial charge in [-0.2, -0.15) is 0 Å². The van der Waals surface area contributed by atoms with E-state index in [0.29, 0.717) is 6.61 Å². The van der Waals surface area contributed by atoms with Crippen LogP contribution in [0.15, 0.2) is 30.3 Å². The fourth-order valence-electron chi connectivity index (χ4n) is 3.19. The molecule has 1 amide bonds. The molecule has 2 fully saturated rings. The van der Waals surface area contributed by atoms with Crippen LogP contribution in [0.5, 0.6) is 0 Å². The fraction of sp³-hybridized carbons (Fsp3) is 0.562. The highest BCUT2D eigenvalue weighted by atomic mass is 16.5. The topological polar surface area (TPSA) is 38.3 Å². The molecular formula is C16H21NO2. The van der Waals surface area contributed by atoms with Crippen molar-refractivity contribution in [2.45, 2.75) is 50.2 Å². The van der Waals surface area contributed by atoms with Crippen molar-refractivity contribution in [3.05, 3.63) is 35.9 Å². The number of amides is 1. The maximum absolute atomic E-state index is 12.3. The van der Waals surface area contributed by atoms with Crippen molar-refractivity contribution >= 4 is 5.91 Å². The van der Waals surface area contributed by atoms with Crippen LogP contribution >= 0.6 is 0 Å². The Bertz CT molecular complexity index is 437. The van der Waals surface area contributed by atoms with E-state index in [-0.39, 0.29) is 11.9 Å². The monoisotopic (exact) mass is 259 g/mol. The molecule has 1 aliphatic heterocycles. The zero-order valence-corrected chi connectivity index (χ0v) is 11.2. The van der Waals surface area contributed by atoms with Gasteiger partial charge in [-0.15, -0.1) is 0 Å². The summed E-state index contributed by atoms with van der Waals surface area (Å²) in [5.41, 5.74) is 0.738. The molecule has 1 saturated carbocycles. The van der Waals surface area contributed by atoms with Crippen LogP contribution in [0.1, 0.15) is 37.7 Å². The van der Waals surface area contributed by atoms with Crippen LogP contribution < -0.4 is 5.32 Å². The number of benzene rings is 1. The standard InChI is InChI=1S/C16H21NO2/c18-15-16(9-5-2-6-10-16)19-12-14(17-15)11-13-7-3-1-4-8-13/h1,3-4,7-8,14H,2,5-6,9-12H2,(H,17,18)/t14-/m0/s1. The van der Waals surface area contributed by atoms with Gasteiger partial charge in [0.25, 0.3) is 5.91 Å². The molecule has 1 aliphatic carbocycles. The van der Waals surface area contributed by atoms with Gasteiger partial charge in [-0.1, -0.05) is 49.6 Å². The molecule has 1 saturated heterocycles. The molecule has 0 bridgehead atoms. The molecule has 0 aromatic heterocycles. The lowest BCUT2D eigenvalue weighted by Crippen LogP contribution is -2.60. The van der Waals surface area contributed by atoms with E-state index in [1.807, 2.05) is 18.2 Å². The maximum atomic E-state index is 12.3. The summed E-state index contributed by atoms with van der Waals surface area (Å²) in [6.07, 6.45) is 6.07. The summed E-state index contributed by atoms with van der Waals surface area (Å²) in [7, 11) is 0. The number of carbonyl (C=O) groups is 1. The summed E-state index contributed by atoms with van der Waals surface area (Å²) in [4.78, 5) is 12.3. The smallest absolute Gasteiger partial charge is 0.252 e. The van der Waals surface area contributed by atoms with Gasteiger partial charge in [0.2, 0.25) is 0 Å². The Balaban J connectivity index is 1.62. The van der Waals surface area contributed by atoms with E-state index in [1.54, 1.807) is 0 Å². The lowest BCUT2D eigenvalue weighted by molar-refractivity contribution is -0.164. The van der Waals surface area contributed by atoms with Crippen LogP contribution in [0.4, 0.5) is 0 Å². The van der Waals surface area contributed by atoms with Gasteiger partial charge in [-0.3, -0.25) is 4.79 Å². The van der Waals surface area contributed by atoms with E-state index in [4.69, 9.17) is 4.74 Å². The largest absolute Gasteiger partial charge is 0.363 e. The number of morpholine rings is 1. The molecule has 3 heteroatoms. The van der Waals surface area contributed by atoms with Gasteiger partial charge in [0.05, 0.1) is 12.6 Å². The van der Waals surface area contributed by atoms with Gasteiger partial charge in [0.15, 0.2) is 0 Å². The van der Waals surface area contributed by atoms with Crippen LogP contribution in [-0.2, 0) is 16.0 Å². The van der Waals surface area contributed by atoms with Crippen molar-refractivity contribution in [2.24, 2.45) is 0 Å². The summed E-state index contributed by atoms with van der Waals surface area (Å²) >= 11 is 0. The van der Waals surface area contributed by atoms with Crippen molar-refractivity contribution < 1.29 is 9.53 Å². The molecule has 3 nitrogen and oxygen atoms in total. The number of hydrogen-bond acceptors (Lipinski definition) is 2. The molecule has 1 heterocycles. The van der Waals surface area contributed by atoms with Gasteiger partial charge in [0.1, 0.15) is 5.60 Å². The number of nitrogens with one attached hydrogen (secondary N) is 1. The Morgan fingerprint density at radius 2 is 1.89 bits per heavy atom. The number of rotatable bonds is 2. The van der Waals surface area contributed by atoms with E-state index < -0.39 is 5.60 Å². The first-order chi connectivity index (χ1) is 9.28. The van der Waals surface area contributed by atoms with Crippen LogP contribution in [0.25, 0.3) is 0 Å². The molecule has 1 spiro atoms. The summed E-state index contributed by atoms with van der Waals surface area (Å²) in [6, 6.07) is 10.4. The lowest BCUT2D eigenvalue weighted by atomic mass is 9.82. The highest BCUT2D eigenvalue weighted by molar-refractivity contribution is 5.86. The number of ether oxygens (including phenoxy) is 1. The Kier molecular flexibility index (Phi) is 3.56. The zero-order chi connectivity index (χ0) is 13.1. The first-order valence-electron chi connectivity index (χ1n) is 7.27. The van der Waals surface area contributed by atoms with E-state index in [9.17, 15) is 4.79 Å². The predicted molar refractivity (Wildman–Crippen MR) is 73.8 cm³/mol. The molecule has 1 N–H and O–H groups in total. The third-order valence-electron chi connectivity index (χ3n) is 4.30. The minimum absolute atomic E-state index is 0.111. The lowest BCUT2D eigenvalue weighted by Gasteiger charge is -2.41. The van der Waals surface area contributed by atoms with Crippen molar-refractivity contribution in [3.63, 3.8) is 0 Å². The SMILES string of the molecule is O=C1N[C@@H](Cc2ccccc2)COC12CCCCC2. The fourth-order valence-corrected chi connectivity index (χ4v) is 3.19. The average Bonchev–Trinajstić information content (AvgIpc) is 2.46. The van der Waals surface area contributed by atoms with Crippen molar-refractivity contribution in [1.82, 2.24) is 5.32 Å². The van der Waals surface area contributed by atoms with E-state index in [2.05, 4.69) is 17.4 Å². The van der Waals surface area contributed by atoms with Crippen LogP contribution in [0.3, 0.4) is 0 Å². The average molecular weight is 259 g/mol. The zero-order valence-electron chi connectivity index (χ0n) is 11.2. The predicted octanol–water partition coefficient (Wildman–Crippen LogP) is 2.45. The Labute approximate surface area is 114 Å². The molecular weight excluding hydrogens is 238 g/mol. The second kappa shape index (κ2) is 5.33. The van der Waals surface area contributed by atoms with Crippen molar-refractivity contribution in [1.29, 1.82) is 0 Å². The molecule has 2 aliphatic rings. The van der Waals surface area contributed by atoms with Crippen molar-refractivity contribution in [3.8, 4) is 0 Å². The molecule has 3 rings (SSSR count). The Morgan fingerprint density at radius 1 is 1.16 bits per heavy atom. The van der Waals surface area contributed by atoms with Gasteiger partial charge in [0, 0.05) is 0 Å². The van der Waals surface area contributed by atoms with E-state index in [1.165, 1.54) is 12.0 Å². The molecule has 0 radical (unpaired) electrons. The Morgan fingerprint density at radius 3 is 2.58 bits per heavy atom. The second-order valence-corrected chi connectivity index (χ2v) is 5.73. The van der Waals surface area contributed by atoms with Gasteiger partial charge in [-0.05, 0) is 24.8 Å². The number of carbonyl (C=O) groups excluding carboxylic acids is 1. The Hall–Kier alpha value is -1.35. The molecule has 0 unspecified atom stereocenters. The molecule has 19 heavy (non-hydrogen) atoms. The highest BCUT2D eigenvalue weighted by Gasteiger charge is 2.44. The summed E-state index contributed by atoms with van der Waals surface area (Å²) in [5.74, 6) is 0.111. The van der Waals surface area contributed by atoms with Gasteiger partial charge < -0.3 is 10.1 Å². The first-order valence-corrected chi connectivity index (χ1v) is 7.27. The minimum atomic E-state index is -0.508. The van der Waals surface area contributed by atoms with Crippen molar-refractivity contribution in [2.75, 3.05) is 6.61 Å².